The molecule has 0 aliphatic rings. The first-order valence-electron chi connectivity index (χ1n) is 7.49. The zero-order valence-corrected chi connectivity index (χ0v) is 14.1. The van der Waals surface area contributed by atoms with Crippen molar-refractivity contribution in [2.75, 3.05) is 0 Å². The Morgan fingerprint density at radius 3 is 1.74 bits per heavy atom. The molecule has 4 aromatic rings. The van der Waals surface area contributed by atoms with Crippen molar-refractivity contribution in [3.63, 3.8) is 0 Å². The number of rotatable bonds is 3. The van der Waals surface area contributed by atoms with Gasteiger partial charge in [0.25, 0.3) is 0 Å². The monoisotopic (exact) mass is 334 g/mol. The minimum Gasteiger partial charge on any atom is -0.308 e. The molecule has 1 heterocycles. The highest BCUT2D eigenvalue weighted by molar-refractivity contribution is 7.89. The molecule has 3 heteroatoms. The maximum absolute atomic E-state index is 14.2. The minimum absolute atomic E-state index is 0.887. The van der Waals surface area contributed by atoms with E-state index in [0.717, 1.165) is 20.6 Å². The molecule has 0 radical (unpaired) electrons. The Bertz CT molecular complexity index is 913. The SMILES string of the molecule is O=P(c1ccccc1)(c1ccccc1)c1cc2ccccc2s1. The summed E-state index contributed by atoms with van der Waals surface area (Å²) in [4.78, 5) is 0. The smallest absolute Gasteiger partial charge is 0.180 e. The number of fused-ring (bicyclic) bond motifs is 1. The van der Waals surface area contributed by atoms with E-state index >= 15 is 0 Å². The molecule has 0 N–H and O–H groups in total. The molecule has 3 aromatic carbocycles. The summed E-state index contributed by atoms with van der Waals surface area (Å²) in [5.74, 6) is 0. The Kier molecular flexibility index (Phi) is 3.65. The largest absolute Gasteiger partial charge is 0.308 e. The Morgan fingerprint density at radius 2 is 1.17 bits per heavy atom. The molecule has 0 saturated carbocycles. The lowest BCUT2D eigenvalue weighted by atomic mass is 10.3. The van der Waals surface area contributed by atoms with Gasteiger partial charge in [-0.3, -0.25) is 0 Å². The molecule has 0 unspecified atom stereocenters. The fourth-order valence-corrected chi connectivity index (χ4v) is 7.36. The summed E-state index contributed by atoms with van der Waals surface area (Å²) in [6, 6.07) is 29.9. The molecule has 23 heavy (non-hydrogen) atoms. The molecule has 1 aromatic heterocycles. The van der Waals surface area contributed by atoms with Crippen molar-refractivity contribution in [3.8, 4) is 0 Å². The molecule has 0 amide bonds. The summed E-state index contributed by atoms with van der Waals surface area (Å²) in [5, 5.41) is 2.93. The normalized spacial score (nSPS) is 11.7. The second-order valence-corrected chi connectivity index (χ2v) is 9.52. The van der Waals surface area contributed by atoms with Gasteiger partial charge in [-0.1, -0.05) is 78.9 Å². The Labute approximate surface area is 139 Å². The summed E-state index contributed by atoms with van der Waals surface area (Å²) in [7, 11) is -2.83. The summed E-state index contributed by atoms with van der Waals surface area (Å²) in [6.45, 7) is 0. The van der Waals surface area contributed by atoms with Crippen molar-refractivity contribution in [2.24, 2.45) is 0 Å². The molecule has 0 saturated heterocycles. The van der Waals surface area contributed by atoms with Gasteiger partial charge < -0.3 is 4.57 Å². The fraction of sp³-hybridized carbons (Fsp3) is 0. The van der Waals surface area contributed by atoms with Gasteiger partial charge in [0.05, 0.1) is 4.62 Å². The van der Waals surface area contributed by atoms with Crippen molar-refractivity contribution in [1.29, 1.82) is 0 Å². The van der Waals surface area contributed by atoms with E-state index in [9.17, 15) is 4.57 Å². The van der Waals surface area contributed by atoms with Gasteiger partial charge in [-0.05, 0) is 17.5 Å². The van der Waals surface area contributed by atoms with Gasteiger partial charge in [-0.15, -0.1) is 11.3 Å². The van der Waals surface area contributed by atoms with Crippen LogP contribution in [-0.4, -0.2) is 0 Å². The molecule has 1 nitrogen and oxygen atoms in total. The van der Waals surface area contributed by atoms with Gasteiger partial charge in [-0.25, -0.2) is 0 Å². The third kappa shape index (κ3) is 2.45. The Balaban J connectivity index is 2.01. The van der Waals surface area contributed by atoms with Gasteiger partial charge in [0.15, 0.2) is 7.14 Å². The molecule has 0 spiro atoms. The highest BCUT2D eigenvalue weighted by atomic mass is 32.1. The zero-order valence-electron chi connectivity index (χ0n) is 12.4. The van der Waals surface area contributed by atoms with Crippen LogP contribution in [0.3, 0.4) is 0 Å². The summed E-state index contributed by atoms with van der Waals surface area (Å²) in [6.07, 6.45) is 0. The molecule has 0 aliphatic heterocycles. The van der Waals surface area contributed by atoms with Crippen LogP contribution in [-0.2, 0) is 4.57 Å². The lowest BCUT2D eigenvalue weighted by Gasteiger charge is -2.17. The standard InChI is InChI=1S/C20H15OPS/c21-22(17-10-3-1-4-11-17,18-12-5-2-6-13-18)20-15-16-9-7-8-14-19(16)23-20/h1-15H. The van der Waals surface area contributed by atoms with E-state index in [0.29, 0.717) is 0 Å². The van der Waals surface area contributed by atoms with Crippen LogP contribution in [0.15, 0.2) is 91.0 Å². The van der Waals surface area contributed by atoms with Crippen molar-refractivity contribution in [2.45, 2.75) is 0 Å². The predicted molar refractivity (Wildman–Crippen MR) is 101 cm³/mol. The molecular formula is C20H15OPS. The first-order valence-corrected chi connectivity index (χ1v) is 10.0. The molecule has 4 rings (SSSR count). The second-order valence-electron chi connectivity index (χ2n) is 5.40. The molecule has 0 fully saturated rings. The molecule has 0 atom stereocenters. The van der Waals surface area contributed by atoms with E-state index in [1.54, 1.807) is 11.3 Å². The number of hydrogen-bond donors (Lipinski definition) is 0. The van der Waals surface area contributed by atoms with Crippen molar-refractivity contribution < 1.29 is 4.57 Å². The van der Waals surface area contributed by atoms with Crippen LogP contribution in [0.4, 0.5) is 0 Å². The lowest BCUT2D eigenvalue weighted by molar-refractivity contribution is 0.593. The van der Waals surface area contributed by atoms with E-state index in [1.807, 2.05) is 72.8 Å². The lowest BCUT2D eigenvalue weighted by Crippen LogP contribution is -2.22. The van der Waals surface area contributed by atoms with Gasteiger partial charge in [-0.2, -0.15) is 0 Å². The van der Waals surface area contributed by atoms with Crippen LogP contribution < -0.4 is 15.2 Å². The van der Waals surface area contributed by atoms with E-state index in [4.69, 9.17) is 0 Å². The number of hydrogen-bond acceptors (Lipinski definition) is 2. The molecule has 0 bridgehead atoms. The average Bonchev–Trinajstić information content (AvgIpc) is 3.07. The van der Waals surface area contributed by atoms with E-state index in [2.05, 4.69) is 18.2 Å². The number of thiophene rings is 1. The van der Waals surface area contributed by atoms with Gasteiger partial charge in [0, 0.05) is 15.3 Å². The number of benzene rings is 3. The van der Waals surface area contributed by atoms with Crippen LogP contribution in [0, 0.1) is 0 Å². The van der Waals surface area contributed by atoms with Crippen LogP contribution in [0.1, 0.15) is 0 Å². The zero-order chi connectivity index (χ0) is 15.7. The maximum atomic E-state index is 14.2. The highest BCUT2D eigenvalue weighted by Gasteiger charge is 2.31. The minimum atomic E-state index is -2.83. The van der Waals surface area contributed by atoms with Gasteiger partial charge in [0.2, 0.25) is 0 Å². The van der Waals surface area contributed by atoms with Crippen molar-refractivity contribution in [1.82, 2.24) is 0 Å². The Hall–Kier alpha value is -2.15. The summed E-state index contributed by atoms with van der Waals surface area (Å²) < 4.78 is 16.3. The van der Waals surface area contributed by atoms with Crippen LogP contribution in [0.2, 0.25) is 0 Å². The van der Waals surface area contributed by atoms with E-state index in [1.165, 1.54) is 4.70 Å². The topological polar surface area (TPSA) is 17.1 Å². The van der Waals surface area contributed by atoms with Crippen molar-refractivity contribution >= 4 is 43.8 Å². The van der Waals surface area contributed by atoms with E-state index < -0.39 is 7.14 Å². The molecule has 112 valence electrons. The Morgan fingerprint density at radius 1 is 0.652 bits per heavy atom. The van der Waals surface area contributed by atoms with Gasteiger partial charge in [0.1, 0.15) is 0 Å². The third-order valence-corrected chi connectivity index (χ3v) is 8.73. The fourth-order valence-electron chi connectivity index (χ4n) is 2.80. The third-order valence-electron chi connectivity index (χ3n) is 3.96. The van der Waals surface area contributed by atoms with Crippen LogP contribution in [0.5, 0.6) is 0 Å². The first kappa shape index (κ1) is 14.4. The summed E-state index contributed by atoms with van der Waals surface area (Å²) in [5.41, 5.74) is 0. The van der Waals surface area contributed by atoms with Crippen LogP contribution >= 0.6 is 18.5 Å². The summed E-state index contributed by atoms with van der Waals surface area (Å²) >= 11 is 1.63. The quantitative estimate of drug-likeness (QED) is 0.503. The maximum Gasteiger partial charge on any atom is 0.180 e. The first-order chi connectivity index (χ1) is 11.3. The second kappa shape index (κ2) is 5.81. The molecular weight excluding hydrogens is 319 g/mol. The average molecular weight is 334 g/mol. The molecule has 0 aliphatic carbocycles. The van der Waals surface area contributed by atoms with Crippen LogP contribution in [0.25, 0.3) is 10.1 Å². The highest BCUT2D eigenvalue weighted by Crippen LogP contribution is 2.45. The van der Waals surface area contributed by atoms with Gasteiger partial charge >= 0.3 is 0 Å². The predicted octanol–water partition coefficient (Wildman–Crippen LogP) is 4.54. The van der Waals surface area contributed by atoms with Crippen molar-refractivity contribution in [3.05, 3.63) is 91.0 Å². The van der Waals surface area contributed by atoms with E-state index in [-0.39, 0.29) is 0 Å².